The lowest BCUT2D eigenvalue weighted by molar-refractivity contribution is -0.128. The summed E-state index contributed by atoms with van der Waals surface area (Å²) in [5.41, 5.74) is 4.41. The van der Waals surface area contributed by atoms with Gasteiger partial charge in [0.25, 0.3) is 0 Å². The number of carbonyl (C=O) groups is 1. The fourth-order valence-corrected chi connectivity index (χ4v) is 3.42. The van der Waals surface area contributed by atoms with Gasteiger partial charge < -0.3 is 9.88 Å². The Morgan fingerprint density at radius 1 is 1.10 bits per heavy atom. The second kappa shape index (κ2) is 8.81. The minimum Gasteiger partial charge on any atom is -0.355 e. The third-order valence-corrected chi connectivity index (χ3v) is 5.55. The molecule has 0 radical (unpaired) electrons. The van der Waals surface area contributed by atoms with Crippen molar-refractivity contribution in [3.05, 3.63) is 65.5 Å². The molecule has 0 saturated carbocycles. The number of para-hydroxylation sites is 2. The van der Waals surface area contributed by atoms with Gasteiger partial charge in [-0.25, -0.2) is 4.98 Å². The van der Waals surface area contributed by atoms with E-state index in [4.69, 9.17) is 4.98 Å². The highest BCUT2D eigenvalue weighted by Crippen LogP contribution is 2.22. The topological polar surface area (TPSA) is 46.9 Å². The Balaban J connectivity index is 1.81. The average molecular weight is 392 g/mol. The van der Waals surface area contributed by atoms with Crippen LogP contribution in [-0.2, 0) is 17.8 Å². The maximum atomic E-state index is 12.2. The van der Waals surface area contributed by atoms with Crippen LogP contribution >= 0.6 is 0 Å². The Morgan fingerprint density at radius 3 is 2.45 bits per heavy atom. The molecular weight excluding hydrogens is 358 g/mol. The van der Waals surface area contributed by atoms with Crippen molar-refractivity contribution in [1.29, 1.82) is 0 Å². The fraction of sp³-hybridized carbons (Fsp3) is 0.440. The zero-order valence-electron chi connectivity index (χ0n) is 18.3. The first-order valence-corrected chi connectivity index (χ1v) is 10.6. The normalized spacial score (nSPS) is 12.9. The summed E-state index contributed by atoms with van der Waals surface area (Å²) < 4.78 is 2.27. The van der Waals surface area contributed by atoms with Crippen molar-refractivity contribution in [1.82, 2.24) is 14.9 Å². The van der Waals surface area contributed by atoms with Gasteiger partial charge in [-0.3, -0.25) is 4.79 Å². The first-order valence-electron chi connectivity index (χ1n) is 10.6. The number of hydrogen-bond acceptors (Lipinski definition) is 2. The van der Waals surface area contributed by atoms with E-state index in [0.29, 0.717) is 18.9 Å². The van der Waals surface area contributed by atoms with E-state index in [2.05, 4.69) is 66.2 Å². The minimum atomic E-state index is -0.377. The number of fused-ring (bicyclic) bond motifs is 1. The molecule has 1 atom stereocenters. The predicted molar refractivity (Wildman–Crippen MR) is 120 cm³/mol. The second-order valence-electron chi connectivity index (χ2n) is 8.91. The number of nitrogens with zero attached hydrogens (tertiary/aromatic N) is 2. The van der Waals surface area contributed by atoms with Crippen LogP contribution in [0.25, 0.3) is 11.0 Å². The molecule has 154 valence electrons. The smallest absolute Gasteiger partial charge is 0.225 e. The number of rotatable bonds is 7. The molecule has 0 aliphatic heterocycles. The van der Waals surface area contributed by atoms with Crippen LogP contribution in [0.1, 0.15) is 63.9 Å². The molecule has 1 aromatic heterocycles. The Morgan fingerprint density at radius 2 is 1.79 bits per heavy atom. The molecule has 0 aliphatic carbocycles. The highest BCUT2D eigenvalue weighted by molar-refractivity contribution is 5.81. The van der Waals surface area contributed by atoms with Gasteiger partial charge in [0.2, 0.25) is 5.91 Å². The van der Waals surface area contributed by atoms with Gasteiger partial charge >= 0.3 is 0 Å². The van der Waals surface area contributed by atoms with E-state index < -0.39 is 0 Å². The van der Waals surface area contributed by atoms with Crippen molar-refractivity contribution in [2.24, 2.45) is 5.41 Å². The van der Waals surface area contributed by atoms with Crippen LogP contribution in [0.4, 0.5) is 0 Å². The minimum absolute atomic E-state index is 0.0702. The second-order valence-corrected chi connectivity index (χ2v) is 8.91. The predicted octanol–water partition coefficient (Wildman–Crippen LogP) is 5.30. The van der Waals surface area contributed by atoms with E-state index in [-0.39, 0.29) is 11.3 Å². The van der Waals surface area contributed by atoms with Gasteiger partial charge in [-0.15, -0.1) is 0 Å². The van der Waals surface area contributed by atoms with Gasteiger partial charge in [0.05, 0.1) is 11.0 Å². The monoisotopic (exact) mass is 391 g/mol. The van der Waals surface area contributed by atoms with Crippen LogP contribution < -0.4 is 5.32 Å². The zero-order chi connectivity index (χ0) is 21.0. The fourth-order valence-electron chi connectivity index (χ4n) is 3.42. The van der Waals surface area contributed by atoms with Crippen molar-refractivity contribution in [3.8, 4) is 0 Å². The Bertz CT molecular complexity index is 964. The van der Waals surface area contributed by atoms with Crippen molar-refractivity contribution < 1.29 is 4.79 Å². The van der Waals surface area contributed by atoms with Crippen LogP contribution in [0.5, 0.6) is 0 Å². The number of amides is 1. The molecule has 0 aliphatic rings. The molecule has 3 rings (SSSR count). The first kappa shape index (κ1) is 21.1. The molecule has 1 heterocycles. The molecule has 29 heavy (non-hydrogen) atoms. The molecule has 3 aromatic rings. The Labute approximate surface area is 174 Å². The molecule has 0 fully saturated rings. The van der Waals surface area contributed by atoms with Crippen LogP contribution in [0.15, 0.2) is 48.5 Å². The van der Waals surface area contributed by atoms with Gasteiger partial charge in [-0.2, -0.15) is 0 Å². The summed E-state index contributed by atoms with van der Waals surface area (Å²) >= 11 is 0. The van der Waals surface area contributed by atoms with E-state index in [1.165, 1.54) is 11.1 Å². The molecule has 1 N–H and O–H groups in total. The standard InChI is InChI=1S/C25H33N3O/c1-6-18(2)20-13-11-19(12-14-20)17-28-22-10-8-7-9-21(22)27-23(28)15-16-26-24(29)25(3,4)5/h7-14,18H,6,15-17H2,1-5H3,(H,26,29). The number of benzene rings is 2. The lowest BCUT2D eigenvalue weighted by Crippen LogP contribution is -2.36. The molecule has 0 spiro atoms. The summed E-state index contributed by atoms with van der Waals surface area (Å²) in [6.45, 7) is 11.7. The third-order valence-electron chi connectivity index (χ3n) is 5.55. The SMILES string of the molecule is CCC(C)c1ccc(Cn2c(CCNC(=O)C(C)(C)C)nc3ccccc32)cc1. The summed E-state index contributed by atoms with van der Waals surface area (Å²) in [5.74, 6) is 1.66. The van der Waals surface area contributed by atoms with Gasteiger partial charge in [0.1, 0.15) is 5.82 Å². The van der Waals surface area contributed by atoms with E-state index in [9.17, 15) is 4.79 Å². The molecule has 2 aromatic carbocycles. The lowest BCUT2D eigenvalue weighted by Gasteiger charge is -2.17. The summed E-state index contributed by atoms with van der Waals surface area (Å²) in [7, 11) is 0. The van der Waals surface area contributed by atoms with Crippen LogP contribution in [0, 0.1) is 5.41 Å². The number of imidazole rings is 1. The van der Waals surface area contributed by atoms with Gasteiger partial charge in [-0.1, -0.05) is 71.0 Å². The molecule has 4 nitrogen and oxygen atoms in total. The number of hydrogen-bond donors (Lipinski definition) is 1. The number of aromatic nitrogens is 2. The van der Waals surface area contributed by atoms with Gasteiger partial charge in [-0.05, 0) is 35.6 Å². The lowest BCUT2D eigenvalue weighted by atomic mass is 9.96. The molecule has 0 bridgehead atoms. The highest BCUT2D eigenvalue weighted by Gasteiger charge is 2.20. The quantitative estimate of drug-likeness (QED) is 0.594. The average Bonchev–Trinajstić information content (AvgIpc) is 3.04. The van der Waals surface area contributed by atoms with Crippen molar-refractivity contribution >= 4 is 16.9 Å². The van der Waals surface area contributed by atoms with E-state index in [1.807, 2.05) is 26.8 Å². The largest absolute Gasteiger partial charge is 0.355 e. The summed E-state index contributed by atoms with van der Waals surface area (Å²) in [5, 5.41) is 3.04. The van der Waals surface area contributed by atoms with Crippen molar-refractivity contribution in [3.63, 3.8) is 0 Å². The van der Waals surface area contributed by atoms with Crippen molar-refractivity contribution in [2.75, 3.05) is 6.54 Å². The maximum Gasteiger partial charge on any atom is 0.225 e. The van der Waals surface area contributed by atoms with Crippen molar-refractivity contribution in [2.45, 2.75) is 59.9 Å². The van der Waals surface area contributed by atoms with Crippen LogP contribution in [0.2, 0.25) is 0 Å². The Hall–Kier alpha value is -2.62. The van der Waals surface area contributed by atoms with Crippen LogP contribution in [0.3, 0.4) is 0 Å². The van der Waals surface area contributed by atoms with Gasteiger partial charge in [0.15, 0.2) is 0 Å². The molecular formula is C25H33N3O. The zero-order valence-corrected chi connectivity index (χ0v) is 18.3. The molecule has 1 unspecified atom stereocenters. The molecule has 4 heteroatoms. The Kier molecular flexibility index (Phi) is 6.41. The third kappa shape index (κ3) is 5.06. The number of nitrogens with one attached hydrogen (secondary N) is 1. The van der Waals surface area contributed by atoms with Crippen LogP contribution in [-0.4, -0.2) is 22.0 Å². The van der Waals surface area contributed by atoms with E-state index in [0.717, 1.165) is 29.8 Å². The summed E-state index contributed by atoms with van der Waals surface area (Å²) in [6, 6.07) is 17.2. The summed E-state index contributed by atoms with van der Waals surface area (Å²) in [6.07, 6.45) is 1.86. The number of carbonyl (C=O) groups excluding carboxylic acids is 1. The molecule has 1 amide bonds. The summed E-state index contributed by atoms with van der Waals surface area (Å²) in [4.78, 5) is 17.0. The molecule has 0 saturated heterocycles. The maximum absolute atomic E-state index is 12.2. The van der Waals surface area contributed by atoms with Gasteiger partial charge in [0, 0.05) is 24.9 Å². The van der Waals surface area contributed by atoms with E-state index in [1.54, 1.807) is 0 Å². The first-order chi connectivity index (χ1) is 13.8. The van der Waals surface area contributed by atoms with E-state index >= 15 is 0 Å². The highest BCUT2D eigenvalue weighted by atomic mass is 16.2.